The molecule has 0 aliphatic heterocycles. The zero-order chi connectivity index (χ0) is 7.56. The molecule has 49 valence electrons. The fourth-order valence-electron chi connectivity index (χ4n) is 0.868. The quantitative estimate of drug-likeness (QED) is 0.505. The van der Waals surface area contributed by atoms with Crippen molar-refractivity contribution in [2.75, 3.05) is 0 Å². The second kappa shape index (κ2) is 2.83. The van der Waals surface area contributed by atoms with Crippen molar-refractivity contribution < 1.29 is 0 Å². The first-order valence-electron chi connectivity index (χ1n) is 3.36. The Hall–Kier alpha value is -0.845. The van der Waals surface area contributed by atoms with Crippen molar-refractivity contribution >= 4 is 13.5 Å². The van der Waals surface area contributed by atoms with Crippen LogP contribution in [-0.2, 0) is 0 Å². The molecular formula is C9H10B. The van der Waals surface area contributed by atoms with Crippen LogP contribution in [0.4, 0.5) is 0 Å². The number of hydrogen-bond acceptors (Lipinski definition) is 0. The van der Waals surface area contributed by atoms with Crippen molar-refractivity contribution in [2.45, 2.75) is 13.8 Å². The number of rotatable bonds is 1. The summed E-state index contributed by atoms with van der Waals surface area (Å²) in [6, 6.07) is 6.17. The van der Waals surface area contributed by atoms with Gasteiger partial charge in [0.15, 0.2) is 0 Å². The monoisotopic (exact) mass is 129 g/mol. The van der Waals surface area contributed by atoms with Gasteiger partial charge in [0, 0.05) is 0 Å². The Morgan fingerprint density at radius 3 is 2.40 bits per heavy atom. The van der Waals surface area contributed by atoms with E-state index in [9.17, 15) is 0 Å². The summed E-state index contributed by atoms with van der Waals surface area (Å²) in [5, 5.41) is 0. The van der Waals surface area contributed by atoms with E-state index in [1.165, 1.54) is 11.1 Å². The Balaban J connectivity index is 3.16. The van der Waals surface area contributed by atoms with E-state index in [1.54, 1.807) is 5.97 Å². The van der Waals surface area contributed by atoms with Crippen LogP contribution in [0.15, 0.2) is 18.2 Å². The molecule has 0 aliphatic rings. The summed E-state index contributed by atoms with van der Waals surface area (Å²) in [6.07, 6.45) is 0. The molecule has 0 unspecified atom stereocenters. The van der Waals surface area contributed by atoms with E-state index in [0.717, 1.165) is 5.56 Å². The molecule has 10 heavy (non-hydrogen) atoms. The maximum absolute atomic E-state index is 5.34. The standard InChI is InChI=1S/C9H10B/c1-7-3-4-9(6-10)5-8(7)2/h3-6H,1-2H3. The van der Waals surface area contributed by atoms with Crippen LogP contribution >= 0.6 is 0 Å². The third-order valence-corrected chi connectivity index (χ3v) is 1.72. The predicted molar refractivity (Wildman–Crippen MR) is 46.8 cm³/mol. The maximum atomic E-state index is 5.34. The Morgan fingerprint density at radius 2 is 1.90 bits per heavy atom. The third-order valence-electron chi connectivity index (χ3n) is 1.72. The van der Waals surface area contributed by atoms with Gasteiger partial charge in [0.05, 0.1) is 0 Å². The van der Waals surface area contributed by atoms with Crippen LogP contribution in [0.2, 0.25) is 0 Å². The van der Waals surface area contributed by atoms with Crippen LogP contribution in [-0.4, -0.2) is 13.5 Å². The molecule has 0 aromatic heterocycles. The first-order chi connectivity index (χ1) is 4.74. The predicted octanol–water partition coefficient (Wildman–Crippen LogP) is 1.62. The summed E-state index contributed by atoms with van der Waals surface area (Å²) in [6.45, 7) is 4.18. The summed E-state index contributed by atoms with van der Waals surface area (Å²) in [5.74, 6) is 1.62. The van der Waals surface area contributed by atoms with Gasteiger partial charge in [0.2, 0.25) is 0 Å². The topological polar surface area (TPSA) is 0 Å². The number of hydrogen-bond donors (Lipinski definition) is 0. The zero-order valence-corrected chi connectivity index (χ0v) is 6.39. The van der Waals surface area contributed by atoms with E-state index in [-0.39, 0.29) is 0 Å². The minimum absolute atomic E-state index is 1.09. The van der Waals surface area contributed by atoms with Gasteiger partial charge in [-0.15, -0.1) is 0 Å². The van der Waals surface area contributed by atoms with E-state index >= 15 is 0 Å². The van der Waals surface area contributed by atoms with E-state index in [4.69, 9.17) is 7.49 Å². The molecule has 0 heterocycles. The van der Waals surface area contributed by atoms with Crippen molar-refractivity contribution in [3.05, 3.63) is 34.9 Å². The molecule has 1 rings (SSSR count). The summed E-state index contributed by atoms with van der Waals surface area (Å²) < 4.78 is 0. The van der Waals surface area contributed by atoms with Crippen LogP contribution in [0.1, 0.15) is 16.7 Å². The SMILES string of the molecule is [B]=Cc1ccc(C)c(C)c1. The van der Waals surface area contributed by atoms with E-state index in [0.29, 0.717) is 0 Å². The van der Waals surface area contributed by atoms with Gasteiger partial charge in [-0.2, -0.15) is 0 Å². The normalized spacial score (nSPS) is 9.30. The number of aryl methyl sites for hydroxylation is 2. The van der Waals surface area contributed by atoms with Gasteiger partial charge in [-0.25, -0.2) is 0 Å². The molecule has 0 atom stereocenters. The Morgan fingerprint density at radius 1 is 1.20 bits per heavy atom. The van der Waals surface area contributed by atoms with Gasteiger partial charge in [-0.05, 0) is 0 Å². The van der Waals surface area contributed by atoms with Gasteiger partial charge in [0.25, 0.3) is 0 Å². The molecular weight excluding hydrogens is 119 g/mol. The first-order valence-corrected chi connectivity index (χ1v) is 3.36. The van der Waals surface area contributed by atoms with Gasteiger partial charge in [0.1, 0.15) is 0 Å². The summed E-state index contributed by atoms with van der Waals surface area (Å²) >= 11 is 0. The van der Waals surface area contributed by atoms with Crippen LogP contribution in [0.3, 0.4) is 0 Å². The summed E-state index contributed by atoms with van der Waals surface area (Å²) in [4.78, 5) is 0. The minimum atomic E-state index is 1.09. The van der Waals surface area contributed by atoms with Crippen LogP contribution in [0, 0.1) is 13.8 Å². The second-order valence-corrected chi connectivity index (χ2v) is 2.51. The molecule has 0 saturated carbocycles. The van der Waals surface area contributed by atoms with Gasteiger partial charge in [-0.3, -0.25) is 0 Å². The molecule has 0 amide bonds. The van der Waals surface area contributed by atoms with E-state index in [2.05, 4.69) is 26.0 Å². The average molecular weight is 129 g/mol. The molecule has 0 fully saturated rings. The molecule has 1 radical (unpaired) electrons. The first kappa shape index (κ1) is 7.26. The molecule has 0 N–H and O–H groups in total. The van der Waals surface area contributed by atoms with Crippen LogP contribution < -0.4 is 0 Å². The van der Waals surface area contributed by atoms with Crippen LogP contribution in [0.25, 0.3) is 0 Å². The molecule has 1 aromatic rings. The fourth-order valence-corrected chi connectivity index (χ4v) is 0.868. The van der Waals surface area contributed by atoms with Gasteiger partial charge >= 0.3 is 62.2 Å². The molecule has 0 nitrogen and oxygen atoms in total. The Bertz CT molecular complexity index is 251. The second-order valence-electron chi connectivity index (χ2n) is 2.51. The Kier molecular flexibility index (Phi) is 2.05. The molecule has 0 saturated heterocycles. The molecule has 0 bridgehead atoms. The molecule has 1 aromatic carbocycles. The Labute approximate surface area is 63.0 Å². The van der Waals surface area contributed by atoms with Crippen molar-refractivity contribution in [1.29, 1.82) is 0 Å². The van der Waals surface area contributed by atoms with Gasteiger partial charge < -0.3 is 0 Å². The summed E-state index contributed by atoms with van der Waals surface area (Å²) in [7, 11) is 5.34. The van der Waals surface area contributed by atoms with Gasteiger partial charge in [-0.1, -0.05) is 0 Å². The molecule has 0 aliphatic carbocycles. The van der Waals surface area contributed by atoms with Crippen molar-refractivity contribution in [3.63, 3.8) is 0 Å². The van der Waals surface area contributed by atoms with Crippen molar-refractivity contribution in [1.82, 2.24) is 0 Å². The van der Waals surface area contributed by atoms with Crippen LogP contribution in [0.5, 0.6) is 0 Å². The molecule has 0 spiro atoms. The summed E-state index contributed by atoms with van der Waals surface area (Å²) in [5.41, 5.74) is 3.69. The third kappa shape index (κ3) is 1.35. The van der Waals surface area contributed by atoms with E-state index < -0.39 is 0 Å². The van der Waals surface area contributed by atoms with Crippen molar-refractivity contribution in [2.24, 2.45) is 0 Å². The van der Waals surface area contributed by atoms with Crippen molar-refractivity contribution in [3.8, 4) is 0 Å². The zero-order valence-electron chi connectivity index (χ0n) is 6.39. The van der Waals surface area contributed by atoms with E-state index in [1.807, 2.05) is 6.07 Å². The fraction of sp³-hybridized carbons (Fsp3) is 0.222. The average Bonchev–Trinajstić information content (AvgIpc) is 1.95. The number of benzene rings is 1. The molecule has 1 heteroatoms.